The molecule has 0 bridgehead atoms. The van der Waals surface area contributed by atoms with Crippen molar-refractivity contribution in [3.8, 4) is 0 Å². The Balaban J connectivity index is 2.01. The first-order valence-corrected chi connectivity index (χ1v) is 6.50. The normalized spacial score (nSPS) is 16.6. The summed E-state index contributed by atoms with van der Waals surface area (Å²) in [7, 11) is 1.67. The van der Waals surface area contributed by atoms with Crippen LogP contribution in [0.3, 0.4) is 0 Å². The van der Waals surface area contributed by atoms with E-state index >= 15 is 0 Å². The van der Waals surface area contributed by atoms with Gasteiger partial charge in [-0.1, -0.05) is 0 Å². The topological polar surface area (TPSA) is 71.6 Å². The molecule has 1 aromatic rings. The summed E-state index contributed by atoms with van der Waals surface area (Å²) in [6.45, 7) is 4.57. The van der Waals surface area contributed by atoms with Crippen LogP contribution in [-0.2, 0) is 7.05 Å². The highest BCUT2D eigenvalue weighted by Gasteiger charge is 2.21. The molecule has 0 unspecified atom stereocenters. The fourth-order valence-corrected chi connectivity index (χ4v) is 2.22. The number of hydrogen-bond donors (Lipinski definition) is 1. The zero-order valence-electron chi connectivity index (χ0n) is 11.2. The van der Waals surface area contributed by atoms with E-state index in [9.17, 15) is 9.59 Å². The molecule has 0 atom stereocenters. The number of piperazine rings is 1. The Morgan fingerprint density at radius 1 is 1.32 bits per heavy atom. The molecule has 0 saturated carbocycles. The van der Waals surface area contributed by atoms with Crippen molar-refractivity contribution in [3.05, 3.63) is 34.2 Å². The van der Waals surface area contributed by atoms with Crippen molar-refractivity contribution < 1.29 is 4.79 Å². The molecule has 104 valence electrons. The summed E-state index contributed by atoms with van der Waals surface area (Å²) in [4.78, 5) is 27.8. The third-order valence-electron chi connectivity index (χ3n) is 3.46. The van der Waals surface area contributed by atoms with Crippen LogP contribution in [0.5, 0.6) is 0 Å². The third-order valence-corrected chi connectivity index (χ3v) is 3.46. The van der Waals surface area contributed by atoms with E-state index in [1.165, 1.54) is 10.6 Å². The van der Waals surface area contributed by atoms with Gasteiger partial charge in [0.05, 0.1) is 0 Å². The smallest absolute Gasteiger partial charge is 0.254 e. The molecular formula is C13H20N4O2. The van der Waals surface area contributed by atoms with Gasteiger partial charge in [-0.25, -0.2) is 0 Å². The number of nitrogens with zero attached hydrogens (tertiary/aromatic N) is 3. The second kappa shape index (κ2) is 5.99. The van der Waals surface area contributed by atoms with Gasteiger partial charge >= 0.3 is 0 Å². The zero-order valence-corrected chi connectivity index (χ0v) is 11.2. The molecule has 0 spiro atoms. The van der Waals surface area contributed by atoms with Gasteiger partial charge in [-0.2, -0.15) is 0 Å². The van der Waals surface area contributed by atoms with Gasteiger partial charge in [0.25, 0.3) is 11.5 Å². The second-order valence-electron chi connectivity index (χ2n) is 4.79. The van der Waals surface area contributed by atoms with Crippen molar-refractivity contribution in [3.63, 3.8) is 0 Å². The lowest BCUT2D eigenvalue weighted by Crippen LogP contribution is -2.49. The summed E-state index contributed by atoms with van der Waals surface area (Å²) in [5, 5.41) is 0. The lowest BCUT2D eigenvalue weighted by Gasteiger charge is -2.34. The lowest BCUT2D eigenvalue weighted by atomic mass is 10.2. The number of carbonyl (C=O) groups is 1. The number of aromatic nitrogens is 1. The van der Waals surface area contributed by atoms with Gasteiger partial charge in [0.2, 0.25) is 0 Å². The average molecular weight is 264 g/mol. The van der Waals surface area contributed by atoms with E-state index in [0.717, 1.165) is 19.6 Å². The second-order valence-corrected chi connectivity index (χ2v) is 4.79. The van der Waals surface area contributed by atoms with Gasteiger partial charge in [-0.3, -0.25) is 14.5 Å². The van der Waals surface area contributed by atoms with Crippen molar-refractivity contribution in [1.82, 2.24) is 14.4 Å². The van der Waals surface area contributed by atoms with E-state index in [1.54, 1.807) is 24.2 Å². The van der Waals surface area contributed by atoms with Crippen molar-refractivity contribution in [2.45, 2.75) is 0 Å². The highest BCUT2D eigenvalue weighted by Crippen LogP contribution is 2.07. The fraction of sp³-hybridized carbons (Fsp3) is 0.538. The van der Waals surface area contributed by atoms with Gasteiger partial charge in [-0.05, 0) is 6.07 Å². The quantitative estimate of drug-likeness (QED) is 0.768. The fourth-order valence-electron chi connectivity index (χ4n) is 2.22. The molecule has 1 amide bonds. The Hall–Kier alpha value is -1.66. The highest BCUT2D eigenvalue weighted by molar-refractivity contribution is 5.94. The number of hydrogen-bond acceptors (Lipinski definition) is 4. The molecule has 19 heavy (non-hydrogen) atoms. The molecular weight excluding hydrogens is 244 g/mol. The van der Waals surface area contributed by atoms with E-state index in [2.05, 4.69) is 4.90 Å². The monoisotopic (exact) mass is 264 g/mol. The first-order valence-electron chi connectivity index (χ1n) is 6.50. The van der Waals surface area contributed by atoms with Gasteiger partial charge in [-0.15, -0.1) is 0 Å². The molecule has 2 rings (SSSR count). The lowest BCUT2D eigenvalue weighted by molar-refractivity contribution is 0.0640. The Morgan fingerprint density at radius 3 is 2.58 bits per heavy atom. The average Bonchev–Trinajstić information content (AvgIpc) is 2.42. The number of nitrogens with two attached hydrogens (primary N) is 1. The summed E-state index contributed by atoms with van der Waals surface area (Å²) in [5.74, 6) is -0.0647. The first-order chi connectivity index (χ1) is 9.11. The van der Waals surface area contributed by atoms with Crippen LogP contribution in [0.4, 0.5) is 0 Å². The highest BCUT2D eigenvalue weighted by atomic mass is 16.2. The van der Waals surface area contributed by atoms with Crippen LogP contribution in [-0.4, -0.2) is 59.5 Å². The molecule has 6 heteroatoms. The van der Waals surface area contributed by atoms with Crippen molar-refractivity contribution >= 4 is 5.91 Å². The van der Waals surface area contributed by atoms with Gasteiger partial charge in [0.1, 0.15) is 0 Å². The third kappa shape index (κ3) is 3.21. The summed E-state index contributed by atoms with van der Waals surface area (Å²) < 4.78 is 1.45. The number of aryl methyl sites for hydroxylation is 1. The summed E-state index contributed by atoms with van der Waals surface area (Å²) in [6.07, 6.45) is 1.63. The van der Waals surface area contributed by atoms with Crippen LogP contribution in [0, 0.1) is 0 Å². The van der Waals surface area contributed by atoms with Crippen molar-refractivity contribution in [2.75, 3.05) is 39.3 Å². The van der Waals surface area contributed by atoms with E-state index in [1.807, 2.05) is 0 Å². The van der Waals surface area contributed by atoms with E-state index in [4.69, 9.17) is 5.73 Å². The maximum Gasteiger partial charge on any atom is 0.254 e. The van der Waals surface area contributed by atoms with Crippen LogP contribution in [0.2, 0.25) is 0 Å². The van der Waals surface area contributed by atoms with E-state index < -0.39 is 0 Å². The minimum Gasteiger partial charge on any atom is -0.336 e. The predicted octanol–water partition coefficient (Wildman–Crippen LogP) is -0.898. The van der Waals surface area contributed by atoms with Crippen LogP contribution in [0.25, 0.3) is 0 Å². The molecule has 1 aromatic heterocycles. The number of pyridine rings is 1. The first kappa shape index (κ1) is 13.8. The van der Waals surface area contributed by atoms with Crippen molar-refractivity contribution in [1.29, 1.82) is 0 Å². The Bertz CT molecular complexity index is 504. The molecule has 1 fully saturated rings. The maximum absolute atomic E-state index is 12.3. The van der Waals surface area contributed by atoms with Gasteiger partial charge in [0, 0.05) is 64.1 Å². The predicted molar refractivity (Wildman–Crippen MR) is 73.1 cm³/mol. The summed E-state index contributed by atoms with van der Waals surface area (Å²) >= 11 is 0. The summed E-state index contributed by atoms with van der Waals surface area (Å²) in [6, 6.07) is 3.09. The molecule has 6 nitrogen and oxygen atoms in total. The molecule has 0 aliphatic carbocycles. The maximum atomic E-state index is 12.3. The molecule has 0 aromatic carbocycles. The number of amides is 1. The van der Waals surface area contributed by atoms with Crippen LogP contribution in [0.15, 0.2) is 23.1 Å². The van der Waals surface area contributed by atoms with Gasteiger partial charge < -0.3 is 15.2 Å². The molecule has 1 saturated heterocycles. The summed E-state index contributed by atoms with van der Waals surface area (Å²) in [5.41, 5.74) is 5.82. The number of carbonyl (C=O) groups excluding carboxylic acids is 1. The van der Waals surface area contributed by atoms with Crippen LogP contribution < -0.4 is 11.3 Å². The van der Waals surface area contributed by atoms with Crippen molar-refractivity contribution in [2.24, 2.45) is 12.8 Å². The minimum atomic E-state index is -0.160. The van der Waals surface area contributed by atoms with E-state index in [-0.39, 0.29) is 11.5 Å². The zero-order chi connectivity index (χ0) is 13.8. The Labute approximate surface area is 112 Å². The Kier molecular flexibility index (Phi) is 4.34. The van der Waals surface area contributed by atoms with Crippen LogP contribution >= 0.6 is 0 Å². The largest absolute Gasteiger partial charge is 0.336 e. The molecule has 2 N–H and O–H groups in total. The van der Waals surface area contributed by atoms with Gasteiger partial charge in [0.15, 0.2) is 0 Å². The molecule has 0 radical (unpaired) electrons. The SMILES string of the molecule is Cn1ccc(C(=O)N2CCN(CCN)CC2)cc1=O. The van der Waals surface area contributed by atoms with E-state index in [0.29, 0.717) is 25.2 Å². The Morgan fingerprint density at radius 2 is 2.00 bits per heavy atom. The molecule has 2 heterocycles. The standard InChI is InChI=1S/C13H20N4O2/c1-15-4-2-11(10-12(15)18)13(19)17-8-6-16(5-3-14)7-9-17/h2,4,10H,3,5-9,14H2,1H3. The minimum absolute atomic E-state index is 0.0647. The van der Waals surface area contributed by atoms with Crippen LogP contribution in [0.1, 0.15) is 10.4 Å². The molecule has 1 aliphatic rings. The number of rotatable bonds is 3. The molecule has 1 aliphatic heterocycles.